The number of methoxy groups -OCH3 is 1. The predicted molar refractivity (Wildman–Crippen MR) is 86.9 cm³/mol. The Kier molecular flexibility index (Phi) is 9.19. The molecule has 5 heteroatoms. The number of ether oxygens (including phenoxy) is 2. The molecule has 0 saturated carbocycles. The topological polar surface area (TPSA) is 47.6 Å². The minimum absolute atomic E-state index is 0.116. The van der Waals surface area contributed by atoms with Gasteiger partial charge >= 0.3 is 0 Å². The van der Waals surface area contributed by atoms with Gasteiger partial charge in [0.1, 0.15) is 0 Å². The first kappa shape index (κ1) is 19.1. The van der Waals surface area contributed by atoms with Gasteiger partial charge in [-0.2, -0.15) is 0 Å². The van der Waals surface area contributed by atoms with Crippen LogP contribution >= 0.6 is 22.6 Å². The van der Waals surface area contributed by atoms with E-state index < -0.39 is 0 Å². The molecule has 0 spiro atoms. The molecule has 0 saturated heterocycles. The molecule has 0 heterocycles. The largest absolute Gasteiger partial charge is 0.379 e. The highest BCUT2D eigenvalue weighted by Crippen LogP contribution is 2.18. The van der Waals surface area contributed by atoms with Crippen LogP contribution < -0.4 is 5.32 Å². The van der Waals surface area contributed by atoms with Gasteiger partial charge in [0.25, 0.3) is 0 Å². The van der Waals surface area contributed by atoms with E-state index in [1.807, 2.05) is 13.8 Å². The highest BCUT2D eigenvalue weighted by molar-refractivity contribution is 14.1. The normalized spacial score (nSPS) is 12.5. The SMILES string of the molecule is COC(C)(C)CCOC(C)(C)CCNC(=O)CCI. The van der Waals surface area contributed by atoms with E-state index in [1.54, 1.807) is 7.11 Å². The second kappa shape index (κ2) is 9.13. The zero-order valence-corrected chi connectivity index (χ0v) is 15.0. The van der Waals surface area contributed by atoms with Gasteiger partial charge in [-0.15, -0.1) is 0 Å². The van der Waals surface area contributed by atoms with Crippen molar-refractivity contribution in [1.82, 2.24) is 5.32 Å². The maximum atomic E-state index is 11.3. The van der Waals surface area contributed by atoms with Crippen molar-refractivity contribution in [2.24, 2.45) is 0 Å². The summed E-state index contributed by atoms with van der Waals surface area (Å²) in [6, 6.07) is 0. The van der Waals surface area contributed by atoms with Gasteiger partial charge in [0.05, 0.1) is 17.8 Å². The lowest BCUT2D eigenvalue weighted by Crippen LogP contribution is -2.34. The number of nitrogens with one attached hydrogen (secondary N) is 1. The van der Waals surface area contributed by atoms with E-state index in [0.29, 0.717) is 19.6 Å². The van der Waals surface area contributed by atoms with E-state index in [-0.39, 0.29) is 17.1 Å². The van der Waals surface area contributed by atoms with Crippen LogP contribution in [-0.2, 0) is 14.3 Å². The molecule has 19 heavy (non-hydrogen) atoms. The molecule has 0 aromatic carbocycles. The Morgan fingerprint density at radius 1 is 1.16 bits per heavy atom. The van der Waals surface area contributed by atoms with Crippen LogP contribution in [0.5, 0.6) is 0 Å². The van der Waals surface area contributed by atoms with Crippen molar-refractivity contribution in [3.05, 3.63) is 0 Å². The zero-order chi connectivity index (χ0) is 14.9. The highest BCUT2D eigenvalue weighted by Gasteiger charge is 2.21. The fraction of sp³-hybridized carbons (Fsp3) is 0.929. The van der Waals surface area contributed by atoms with Gasteiger partial charge in [0.15, 0.2) is 0 Å². The van der Waals surface area contributed by atoms with Gasteiger partial charge in [0, 0.05) is 24.5 Å². The molecule has 1 amide bonds. The summed E-state index contributed by atoms with van der Waals surface area (Å²) in [6.07, 6.45) is 2.26. The summed E-state index contributed by atoms with van der Waals surface area (Å²) in [6.45, 7) is 9.53. The first-order valence-corrected chi connectivity index (χ1v) is 8.27. The third-order valence-electron chi connectivity index (χ3n) is 3.12. The third kappa shape index (κ3) is 10.6. The fourth-order valence-corrected chi connectivity index (χ4v) is 1.91. The number of alkyl halides is 1. The molecule has 0 bridgehead atoms. The third-order valence-corrected chi connectivity index (χ3v) is 3.66. The van der Waals surface area contributed by atoms with Crippen LogP contribution in [0.2, 0.25) is 0 Å². The lowest BCUT2D eigenvalue weighted by molar-refractivity contribution is -0.120. The Balaban J connectivity index is 3.83. The van der Waals surface area contributed by atoms with Crippen molar-refractivity contribution >= 4 is 28.5 Å². The van der Waals surface area contributed by atoms with Gasteiger partial charge in [-0.05, 0) is 40.5 Å². The summed E-state index contributed by atoms with van der Waals surface area (Å²) in [4.78, 5) is 11.3. The first-order valence-electron chi connectivity index (χ1n) is 6.74. The number of hydrogen-bond acceptors (Lipinski definition) is 3. The molecule has 0 aliphatic heterocycles. The molecule has 0 aliphatic carbocycles. The van der Waals surface area contributed by atoms with Crippen LogP contribution in [0.15, 0.2) is 0 Å². The quantitative estimate of drug-likeness (QED) is 0.465. The van der Waals surface area contributed by atoms with Gasteiger partial charge in [0.2, 0.25) is 5.91 Å². The van der Waals surface area contributed by atoms with E-state index in [0.717, 1.165) is 17.3 Å². The summed E-state index contributed by atoms with van der Waals surface area (Å²) >= 11 is 2.20. The van der Waals surface area contributed by atoms with Crippen LogP contribution in [-0.4, -0.2) is 41.8 Å². The van der Waals surface area contributed by atoms with E-state index in [4.69, 9.17) is 9.47 Å². The van der Waals surface area contributed by atoms with Crippen LogP contribution in [0.4, 0.5) is 0 Å². The molecule has 0 fully saturated rings. The second-order valence-electron chi connectivity index (χ2n) is 5.86. The van der Waals surface area contributed by atoms with E-state index >= 15 is 0 Å². The summed E-state index contributed by atoms with van der Waals surface area (Å²) < 4.78 is 12.1. The second-order valence-corrected chi connectivity index (χ2v) is 6.94. The Hall–Kier alpha value is 0.120. The summed E-state index contributed by atoms with van der Waals surface area (Å²) in [7, 11) is 1.72. The number of carbonyl (C=O) groups excluding carboxylic acids is 1. The van der Waals surface area contributed by atoms with Crippen LogP contribution in [0.1, 0.15) is 47.0 Å². The maximum Gasteiger partial charge on any atom is 0.220 e. The van der Waals surface area contributed by atoms with Crippen molar-refractivity contribution in [1.29, 1.82) is 0 Å². The summed E-state index contributed by atoms with van der Waals surface area (Å²) in [5, 5.41) is 2.91. The lowest BCUT2D eigenvalue weighted by atomic mass is 10.0. The molecule has 0 atom stereocenters. The summed E-state index contributed by atoms with van der Waals surface area (Å²) in [5.41, 5.74) is -0.369. The van der Waals surface area contributed by atoms with E-state index in [2.05, 4.69) is 41.8 Å². The number of carbonyl (C=O) groups is 1. The smallest absolute Gasteiger partial charge is 0.220 e. The predicted octanol–water partition coefficient (Wildman–Crippen LogP) is 2.93. The molecule has 4 nitrogen and oxygen atoms in total. The molecular weight excluding hydrogens is 357 g/mol. The van der Waals surface area contributed by atoms with Crippen molar-refractivity contribution < 1.29 is 14.3 Å². The molecular formula is C14H28INO3. The monoisotopic (exact) mass is 385 g/mol. The Morgan fingerprint density at radius 3 is 2.32 bits per heavy atom. The highest BCUT2D eigenvalue weighted by atomic mass is 127. The van der Waals surface area contributed by atoms with E-state index in [1.165, 1.54) is 0 Å². The minimum Gasteiger partial charge on any atom is -0.379 e. The summed E-state index contributed by atoms with van der Waals surface area (Å²) in [5.74, 6) is 0.116. The standard InChI is InChI=1S/C14H28INO3/c1-13(2,18-5)8-11-19-14(3,4)7-10-16-12(17)6-9-15/h6-11H2,1-5H3,(H,16,17). The molecule has 0 aromatic rings. The molecule has 0 unspecified atom stereocenters. The first-order chi connectivity index (χ1) is 8.72. The Labute approximate surface area is 131 Å². The van der Waals surface area contributed by atoms with E-state index in [9.17, 15) is 4.79 Å². The lowest BCUT2D eigenvalue weighted by Gasteiger charge is -2.29. The maximum absolute atomic E-state index is 11.3. The Bertz CT molecular complexity index is 267. The molecule has 1 N–H and O–H groups in total. The van der Waals surface area contributed by atoms with Gasteiger partial charge < -0.3 is 14.8 Å². The van der Waals surface area contributed by atoms with Crippen molar-refractivity contribution in [3.63, 3.8) is 0 Å². The van der Waals surface area contributed by atoms with Crippen molar-refractivity contribution in [3.8, 4) is 0 Å². The van der Waals surface area contributed by atoms with Crippen molar-refractivity contribution in [2.45, 2.75) is 58.2 Å². The average molecular weight is 385 g/mol. The molecule has 0 radical (unpaired) electrons. The fourth-order valence-electron chi connectivity index (χ4n) is 1.42. The number of amides is 1. The molecule has 0 rings (SSSR count). The molecule has 0 aliphatic rings. The van der Waals surface area contributed by atoms with Crippen LogP contribution in [0.25, 0.3) is 0 Å². The van der Waals surface area contributed by atoms with Crippen molar-refractivity contribution in [2.75, 3.05) is 24.7 Å². The zero-order valence-electron chi connectivity index (χ0n) is 12.8. The average Bonchev–Trinajstić information content (AvgIpc) is 2.28. The number of rotatable bonds is 10. The van der Waals surface area contributed by atoms with Crippen LogP contribution in [0.3, 0.4) is 0 Å². The van der Waals surface area contributed by atoms with Crippen LogP contribution in [0, 0.1) is 0 Å². The van der Waals surface area contributed by atoms with Gasteiger partial charge in [-0.3, -0.25) is 4.79 Å². The van der Waals surface area contributed by atoms with Gasteiger partial charge in [-0.1, -0.05) is 22.6 Å². The Morgan fingerprint density at radius 2 is 1.79 bits per heavy atom. The number of hydrogen-bond donors (Lipinski definition) is 1. The number of halogens is 1. The minimum atomic E-state index is -0.221. The molecule has 0 aromatic heterocycles. The molecule has 114 valence electrons. The van der Waals surface area contributed by atoms with Gasteiger partial charge in [-0.25, -0.2) is 0 Å².